The van der Waals surface area contributed by atoms with E-state index in [1.165, 1.54) is 22.3 Å². The van der Waals surface area contributed by atoms with E-state index in [1.807, 2.05) is 13.0 Å². The maximum Gasteiger partial charge on any atom is 0.0662 e. The van der Waals surface area contributed by atoms with Crippen LogP contribution in [0.2, 0.25) is 0 Å². The molecule has 2 rings (SSSR count). The largest absolute Gasteiger partial charge is 0.392 e. The van der Waals surface area contributed by atoms with Crippen molar-refractivity contribution in [3.05, 3.63) is 70.8 Å². The Morgan fingerprint density at radius 1 is 1.05 bits per heavy atom. The van der Waals surface area contributed by atoms with Crippen molar-refractivity contribution in [2.75, 3.05) is 6.54 Å². The van der Waals surface area contributed by atoms with Crippen LogP contribution < -0.4 is 5.32 Å². The van der Waals surface area contributed by atoms with Gasteiger partial charge in [0.1, 0.15) is 0 Å². The highest BCUT2D eigenvalue weighted by Gasteiger charge is 2.16. The van der Waals surface area contributed by atoms with Crippen molar-refractivity contribution in [1.82, 2.24) is 5.32 Å². The number of hydrogen-bond acceptors (Lipinski definition) is 2. The van der Waals surface area contributed by atoms with Gasteiger partial charge in [0.2, 0.25) is 0 Å². The minimum absolute atomic E-state index is 0.119. The van der Waals surface area contributed by atoms with Crippen LogP contribution in [-0.2, 0) is 0 Å². The highest BCUT2D eigenvalue weighted by molar-refractivity contribution is 5.38. The number of aryl methyl sites for hydroxylation is 2. The minimum atomic E-state index is -0.304. The quantitative estimate of drug-likeness (QED) is 0.846. The summed E-state index contributed by atoms with van der Waals surface area (Å²) in [4.78, 5) is 0. The average molecular weight is 283 g/mol. The van der Waals surface area contributed by atoms with Gasteiger partial charge in [0.15, 0.2) is 0 Å². The Bertz CT molecular complexity index is 565. The van der Waals surface area contributed by atoms with Crippen LogP contribution in [0.15, 0.2) is 48.5 Å². The lowest BCUT2D eigenvalue weighted by Crippen LogP contribution is -2.31. The molecule has 2 aromatic rings. The second-order valence-electron chi connectivity index (χ2n) is 5.67. The monoisotopic (exact) mass is 283 g/mol. The van der Waals surface area contributed by atoms with Gasteiger partial charge in [-0.05, 0) is 37.0 Å². The summed E-state index contributed by atoms with van der Waals surface area (Å²) in [5.41, 5.74) is 5.06. The van der Waals surface area contributed by atoms with Crippen LogP contribution in [0.1, 0.15) is 41.6 Å². The molecule has 0 fully saturated rings. The molecule has 0 radical (unpaired) electrons. The smallest absolute Gasteiger partial charge is 0.0662 e. The highest BCUT2D eigenvalue weighted by atomic mass is 16.3. The molecule has 2 unspecified atom stereocenters. The van der Waals surface area contributed by atoms with Gasteiger partial charge in [-0.15, -0.1) is 0 Å². The highest BCUT2D eigenvalue weighted by Crippen LogP contribution is 2.25. The van der Waals surface area contributed by atoms with E-state index in [9.17, 15) is 5.11 Å². The second-order valence-corrected chi connectivity index (χ2v) is 5.67. The first-order valence-corrected chi connectivity index (χ1v) is 7.65. The zero-order chi connectivity index (χ0) is 15.2. The first-order chi connectivity index (χ1) is 10.1. The molecule has 0 saturated heterocycles. The van der Waals surface area contributed by atoms with Gasteiger partial charge in [-0.1, -0.05) is 61.0 Å². The summed E-state index contributed by atoms with van der Waals surface area (Å²) < 4.78 is 0. The predicted octanol–water partition coefficient (Wildman–Crippen LogP) is 3.75. The Kier molecular flexibility index (Phi) is 5.54. The molecule has 0 heterocycles. The first-order valence-electron chi connectivity index (χ1n) is 7.65. The molecule has 0 amide bonds. The standard InChI is InChI=1S/C19H25NO/c1-4-17(21)13-20-19(16-8-6-5-7-9-16)18-11-10-14(2)12-15(18)3/h5-12,17,19-21H,4,13H2,1-3H3. The van der Waals surface area contributed by atoms with Gasteiger partial charge in [0.05, 0.1) is 12.1 Å². The Morgan fingerprint density at radius 3 is 2.38 bits per heavy atom. The van der Waals surface area contributed by atoms with Crippen LogP contribution in [0.4, 0.5) is 0 Å². The van der Waals surface area contributed by atoms with Crippen LogP contribution in [0.3, 0.4) is 0 Å². The first kappa shape index (κ1) is 15.7. The number of aliphatic hydroxyl groups excluding tert-OH is 1. The fourth-order valence-electron chi connectivity index (χ4n) is 2.60. The molecule has 2 heteroatoms. The molecule has 0 aliphatic heterocycles. The molecule has 2 N–H and O–H groups in total. The average Bonchev–Trinajstić information content (AvgIpc) is 2.50. The zero-order valence-electron chi connectivity index (χ0n) is 13.1. The second kappa shape index (κ2) is 7.39. The van der Waals surface area contributed by atoms with Gasteiger partial charge in [-0.2, -0.15) is 0 Å². The SMILES string of the molecule is CCC(O)CNC(c1ccccc1)c1ccc(C)cc1C. The Morgan fingerprint density at radius 2 is 1.76 bits per heavy atom. The molecule has 2 nitrogen and oxygen atoms in total. The molecule has 2 atom stereocenters. The van der Waals surface area contributed by atoms with E-state index in [2.05, 4.69) is 61.6 Å². The summed E-state index contributed by atoms with van der Waals surface area (Å²) in [5, 5.41) is 13.4. The van der Waals surface area contributed by atoms with Gasteiger partial charge in [-0.25, -0.2) is 0 Å². The number of benzene rings is 2. The predicted molar refractivity (Wildman–Crippen MR) is 88.5 cm³/mol. The third-order valence-electron chi connectivity index (χ3n) is 3.90. The Balaban J connectivity index is 2.31. The fraction of sp³-hybridized carbons (Fsp3) is 0.368. The maximum absolute atomic E-state index is 9.85. The molecule has 0 spiro atoms. The van der Waals surface area contributed by atoms with Crippen LogP contribution in [0, 0.1) is 13.8 Å². The molecule has 112 valence electrons. The van der Waals surface area contributed by atoms with Crippen molar-refractivity contribution in [2.24, 2.45) is 0 Å². The van der Waals surface area contributed by atoms with Crippen molar-refractivity contribution in [2.45, 2.75) is 39.3 Å². The third kappa shape index (κ3) is 4.16. The molecule has 0 aromatic heterocycles. The van der Waals surface area contributed by atoms with Crippen LogP contribution in [0.25, 0.3) is 0 Å². The summed E-state index contributed by atoms with van der Waals surface area (Å²) in [5.74, 6) is 0. The molecular weight excluding hydrogens is 258 g/mol. The summed E-state index contributed by atoms with van der Waals surface area (Å²) in [6.07, 6.45) is 0.462. The molecule has 0 saturated carbocycles. The van der Waals surface area contributed by atoms with Crippen molar-refractivity contribution in [3.8, 4) is 0 Å². The van der Waals surface area contributed by atoms with Crippen LogP contribution in [0.5, 0.6) is 0 Å². The molecule has 0 aliphatic carbocycles. The Hall–Kier alpha value is -1.64. The zero-order valence-corrected chi connectivity index (χ0v) is 13.1. The van der Waals surface area contributed by atoms with E-state index in [0.29, 0.717) is 6.54 Å². The van der Waals surface area contributed by atoms with Crippen molar-refractivity contribution < 1.29 is 5.11 Å². The van der Waals surface area contributed by atoms with E-state index in [0.717, 1.165) is 6.42 Å². The fourth-order valence-corrected chi connectivity index (χ4v) is 2.60. The van der Waals surface area contributed by atoms with Crippen molar-refractivity contribution >= 4 is 0 Å². The number of aliphatic hydroxyl groups is 1. The van der Waals surface area contributed by atoms with E-state index in [1.54, 1.807) is 0 Å². The van der Waals surface area contributed by atoms with Gasteiger partial charge in [-0.3, -0.25) is 0 Å². The van der Waals surface area contributed by atoms with Crippen molar-refractivity contribution in [1.29, 1.82) is 0 Å². The summed E-state index contributed by atoms with van der Waals surface area (Å²) in [7, 11) is 0. The van der Waals surface area contributed by atoms with E-state index < -0.39 is 0 Å². The van der Waals surface area contributed by atoms with E-state index in [4.69, 9.17) is 0 Å². The van der Waals surface area contributed by atoms with E-state index >= 15 is 0 Å². The summed E-state index contributed by atoms with van der Waals surface area (Å²) in [6.45, 7) is 6.86. The summed E-state index contributed by atoms with van der Waals surface area (Å²) in [6, 6.07) is 17.1. The number of hydrogen-bond donors (Lipinski definition) is 2. The molecule has 0 aliphatic rings. The third-order valence-corrected chi connectivity index (χ3v) is 3.90. The normalized spacial score (nSPS) is 13.9. The molecule has 2 aromatic carbocycles. The minimum Gasteiger partial charge on any atom is -0.392 e. The lowest BCUT2D eigenvalue weighted by atomic mass is 9.93. The van der Waals surface area contributed by atoms with Gasteiger partial charge >= 0.3 is 0 Å². The number of nitrogens with one attached hydrogen (secondary N) is 1. The molecule has 0 bridgehead atoms. The van der Waals surface area contributed by atoms with E-state index in [-0.39, 0.29) is 12.1 Å². The van der Waals surface area contributed by atoms with Gasteiger partial charge in [0, 0.05) is 6.54 Å². The lowest BCUT2D eigenvalue weighted by Gasteiger charge is -2.23. The molecule has 21 heavy (non-hydrogen) atoms. The van der Waals surface area contributed by atoms with Gasteiger partial charge in [0.25, 0.3) is 0 Å². The maximum atomic E-state index is 9.85. The van der Waals surface area contributed by atoms with Crippen molar-refractivity contribution in [3.63, 3.8) is 0 Å². The summed E-state index contributed by atoms with van der Waals surface area (Å²) >= 11 is 0. The topological polar surface area (TPSA) is 32.3 Å². The molecular formula is C19H25NO. The Labute approximate surface area is 127 Å². The van der Waals surface area contributed by atoms with Crippen LogP contribution in [-0.4, -0.2) is 17.8 Å². The van der Waals surface area contributed by atoms with Crippen LogP contribution >= 0.6 is 0 Å². The lowest BCUT2D eigenvalue weighted by molar-refractivity contribution is 0.164. The number of rotatable bonds is 6. The van der Waals surface area contributed by atoms with Gasteiger partial charge < -0.3 is 10.4 Å².